The third kappa shape index (κ3) is 6.13. The van der Waals surface area contributed by atoms with Crippen molar-refractivity contribution in [2.24, 2.45) is 11.8 Å². The number of carbonyl (C=O) groups is 1. The standard InChI is InChI=1S/C27H29F3N2O3S/c1-35-18-6-8-24-20(15-18)19(9-11-31-24)22(28)7-5-17-10-12-32(16-21(17)27(33)34)13-14-36-25-4-2-3-23(29)26(25)30/h2-4,6,8-9,11,15,17,21-22H,5,7,10,12-14,16H2,1H3,(H,33,34)/t17-,21+,22?/m1/s1. The smallest absolute Gasteiger partial charge is 0.308 e. The van der Waals surface area contributed by atoms with Gasteiger partial charge in [-0.3, -0.25) is 9.78 Å². The molecule has 36 heavy (non-hydrogen) atoms. The average molecular weight is 519 g/mol. The van der Waals surface area contributed by atoms with Gasteiger partial charge in [-0.15, -0.1) is 11.8 Å². The number of methoxy groups -OCH3 is 1. The summed E-state index contributed by atoms with van der Waals surface area (Å²) in [5.74, 6) is -2.21. The van der Waals surface area contributed by atoms with E-state index in [-0.39, 0.29) is 17.2 Å². The summed E-state index contributed by atoms with van der Waals surface area (Å²) in [6.45, 7) is 1.61. The van der Waals surface area contributed by atoms with Crippen molar-refractivity contribution in [2.45, 2.75) is 30.3 Å². The molecule has 3 atom stereocenters. The highest BCUT2D eigenvalue weighted by atomic mass is 32.2. The molecule has 0 amide bonds. The number of carboxylic acids is 1. The number of pyridine rings is 1. The molecular weight excluding hydrogens is 489 g/mol. The molecule has 4 rings (SSSR count). The third-order valence-corrected chi connectivity index (χ3v) is 7.86. The van der Waals surface area contributed by atoms with Crippen molar-refractivity contribution in [3.05, 3.63) is 65.9 Å². The Morgan fingerprint density at radius 1 is 1.28 bits per heavy atom. The predicted molar refractivity (Wildman–Crippen MR) is 134 cm³/mol. The van der Waals surface area contributed by atoms with Crippen LogP contribution in [0.1, 0.15) is 31.0 Å². The van der Waals surface area contributed by atoms with Crippen molar-refractivity contribution < 1.29 is 27.8 Å². The Morgan fingerprint density at radius 3 is 2.89 bits per heavy atom. The van der Waals surface area contributed by atoms with Crippen LogP contribution in [0.15, 0.2) is 53.6 Å². The summed E-state index contributed by atoms with van der Waals surface area (Å²) in [6, 6.07) is 11.1. The Labute approximate surface area is 212 Å². The molecule has 2 heterocycles. The number of rotatable bonds is 10. The summed E-state index contributed by atoms with van der Waals surface area (Å²) < 4.78 is 47.9. The lowest BCUT2D eigenvalue weighted by atomic mass is 9.81. The molecule has 1 aromatic heterocycles. The van der Waals surface area contributed by atoms with E-state index in [1.807, 2.05) is 4.90 Å². The molecule has 1 N–H and O–H groups in total. The molecule has 0 bridgehead atoms. The first-order valence-electron chi connectivity index (χ1n) is 12.0. The predicted octanol–water partition coefficient (Wildman–Crippen LogP) is 6.13. The fourth-order valence-electron chi connectivity index (χ4n) is 4.84. The van der Waals surface area contributed by atoms with Crippen molar-refractivity contribution >= 4 is 28.6 Å². The number of thioether (sulfide) groups is 1. The van der Waals surface area contributed by atoms with Gasteiger partial charge in [0.1, 0.15) is 11.9 Å². The number of hydrogen-bond donors (Lipinski definition) is 1. The van der Waals surface area contributed by atoms with Crippen molar-refractivity contribution in [1.82, 2.24) is 9.88 Å². The van der Waals surface area contributed by atoms with Crippen molar-refractivity contribution in [3.8, 4) is 5.75 Å². The highest BCUT2D eigenvalue weighted by Gasteiger charge is 2.34. The van der Waals surface area contributed by atoms with Gasteiger partial charge in [0, 0.05) is 35.3 Å². The van der Waals surface area contributed by atoms with E-state index in [0.717, 1.165) is 6.07 Å². The summed E-state index contributed by atoms with van der Waals surface area (Å²) in [5, 5.41) is 10.5. The zero-order chi connectivity index (χ0) is 25.7. The Morgan fingerprint density at radius 2 is 2.11 bits per heavy atom. The summed E-state index contributed by atoms with van der Waals surface area (Å²) >= 11 is 1.21. The first-order chi connectivity index (χ1) is 17.4. The topological polar surface area (TPSA) is 62.7 Å². The average Bonchev–Trinajstić information content (AvgIpc) is 2.89. The van der Waals surface area contributed by atoms with E-state index in [4.69, 9.17) is 4.74 Å². The maximum Gasteiger partial charge on any atom is 0.308 e. The Kier molecular flexibility index (Phi) is 8.74. The first kappa shape index (κ1) is 26.3. The number of likely N-dealkylation sites (tertiary alicyclic amines) is 1. The number of aromatic nitrogens is 1. The summed E-state index contributed by atoms with van der Waals surface area (Å²) in [4.78, 5) is 18.6. The van der Waals surface area contributed by atoms with E-state index >= 15 is 4.39 Å². The third-order valence-electron chi connectivity index (χ3n) is 6.85. The van der Waals surface area contributed by atoms with Gasteiger partial charge in [-0.05, 0) is 73.7 Å². The van der Waals surface area contributed by atoms with Gasteiger partial charge >= 0.3 is 5.97 Å². The molecule has 2 aromatic carbocycles. The zero-order valence-corrected chi connectivity index (χ0v) is 20.8. The van der Waals surface area contributed by atoms with Crippen LogP contribution in [0.4, 0.5) is 13.2 Å². The van der Waals surface area contributed by atoms with Gasteiger partial charge in [0.05, 0.1) is 18.5 Å². The lowest BCUT2D eigenvalue weighted by Crippen LogP contribution is -2.44. The van der Waals surface area contributed by atoms with Gasteiger partial charge in [0.25, 0.3) is 0 Å². The van der Waals surface area contributed by atoms with Crippen LogP contribution in [-0.2, 0) is 4.79 Å². The number of piperidine rings is 1. The van der Waals surface area contributed by atoms with Gasteiger partial charge in [0.15, 0.2) is 11.6 Å². The number of fused-ring (bicyclic) bond motifs is 1. The van der Waals surface area contributed by atoms with E-state index in [0.29, 0.717) is 60.4 Å². The second-order valence-corrected chi connectivity index (χ2v) is 10.2. The molecule has 1 aliphatic rings. The fraction of sp³-hybridized carbons (Fsp3) is 0.407. The van der Waals surface area contributed by atoms with E-state index in [1.54, 1.807) is 37.6 Å². The molecule has 5 nitrogen and oxygen atoms in total. The van der Waals surface area contributed by atoms with Crippen LogP contribution in [0, 0.1) is 23.5 Å². The number of carboxylic acid groups (broad SMARTS) is 1. The van der Waals surface area contributed by atoms with Crippen molar-refractivity contribution in [1.29, 1.82) is 0 Å². The van der Waals surface area contributed by atoms with Crippen LogP contribution >= 0.6 is 11.8 Å². The van der Waals surface area contributed by atoms with E-state index in [1.165, 1.54) is 23.9 Å². The molecule has 3 aromatic rings. The van der Waals surface area contributed by atoms with Crippen LogP contribution < -0.4 is 4.74 Å². The highest BCUT2D eigenvalue weighted by Crippen LogP contribution is 2.35. The number of halogens is 3. The first-order valence-corrected chi connectivity index (χ1v) is 12.9. The molecule has 1 unspecified atom stereocenters. The molecule has 1 fully saturated rings. The van der Waals surface area contributed by atoms with Gasteiger partial charge in [-0.1, -0.05) is 6.07 Å². The minimum Gasteiger partial charge on any atom is -0.497 e. The van der Waals surface area contributed by atoms with E-state index in [9.17, 15) is 18.7 Å². The lowest BCUT2D eigenvalue weighted by molar-refractivity contribution is -0.146. The second kappa shape index (κ2) is 12.0. The Hall–Kier alpha value is -2.78. The number of hydrogen-bond acceptors (Lipinski definition) is 5. The van der Waals surface area contributed by atoms with Crippen LogP contribution in [0.3, 0.4) is 0 Å². The fourth-order valence-corrected chi connectivity index (χ4v) is 5.81. The second-order valence-electron chi connectivity index (χ2n) is 9.02. The molecule has 0 saturated carbocycles. The van der Waals surface area contributed by atoms with Crippen molar-refractivity contribution in [2.75, 3.05) is 32.5 Å². The number of benzene rings is 2. The van der Waals surface area contributed by atoms with Gasteiger partial charge in [0.2, 0.25) is 0 Å². The van der Waals surface area contributed by atoms with Crippen LogP contribution in [0.25, 0.3) is 10.9 Å². The van der Waals surface area contributed by atoms with Crippen LogP contribution in [0.2, 0.25) is 0 Å². The number of alkyl halides is 1. The number of ether oxygens (including phenoxy) is 1. The van der Waals surface area contributed by atoms with Crippen LogP contribution in [-0.4, -0.2) is 53.5 Å². The lowest BCUT2D eigenvalue weighted by Gasteiger charge is -2.36. The van der Waals surface area contributed by atoms with E-state index < -0.39 is 29.7 Å². The monoisotopic (exact) mass is 518 g/mol. The van der Waals surface area contributed by atoms with Gasteiger partial charge < -0.3 is 14.7 Å². The Balaban J connectivity index is 1.33. The molecule has 1 aliphatic heterocycles. The SMILES string of the molecule is COc1ccc2nccc(C(F)CC[C@@H]3CCN(CCSc4cccc(F)c4F)C[C@@H]3C(=O)O)c2c1. The maximum atomic E-state index is 15.4. The molecule has 0 spiro atoms. The summed E-state index contributed by atoms with van der Waals surface area (Å²) in [7, 11) is 1.56. The van der Waals surface area contributed by atoms with Crippen molar-refractivity contribution in [3.63, 3.8) is 0 Å². The molecule has 192 valence electrons. The minimum atomic E-state index is -1.24. The van der Waals surface area contributed by atoms with Gasteiger partial charge in [-0.25, -0.2) is 13.2 Å². The van der Waals surface area contributed by atoms with Crippen LogP contribution in [0.5, 0.6) is 5.75 Å². The largest absolute Gasteiger partial charge is 0.497 e. The summed E-state index contributed by atoms with van der Waals surface area (Å²) in [6.07, 6.45) is 1.67. The molecule has 0 aliphatic carbocycles. The summed E-state index contributed by atoms with van der Waals surface area (Å²) in [5.41, 5.74) is 1.22. The molecule has 9 heteroatoms. The van der Waals surface area contributed by atoms with Gasteiger partial charge in [-0.2, -0.15) is 0 Å². The molecular formula is C27H29F3N2O3S. The quantitative estimate of drug-likeness (QED) is 0.326. The zero-order valence-electron chi connectivity index (χ0n) is 20.0. The highest BCUT2D eigenvalue weighted by molar-refractivity contribution is 7.99. The Bertz CT molecular complexity index is 1210. The molecule has 1 saturated heterocycles. The number of nitrogens with zero attached hydrogens (tertiary/aromatic N) is 2. The minimum absolute atomic E-state index is 0.132. The maximum absolute atomic E-state index is 15.4. The van der Waals surface area contributed by atoms with E-state index in [2.05, 4.69) is 4.98 Å². The normalized spacial score (nSPS) is 19.3. The molecule has 0 radical (unpaired) electrons. The number of aliphatic carboxylic acids is 1.